The van der Waals surface area contributed by atoms with Gasteiger partial charge < -0.3 is 32.0 Å². The van der Waals surface area contributed by atoms with Gasteiger partial charge in [-0.25, -0.2) is 19.8 Å². The minimum Gasteiger partial charge on any atom is -0.453 e. The number of allylic oxidation sites excluding steroid dienone is 1. The Morgan fingerprint density at radius 2 is 1.57 bits per heavy atom. The summed E-state index contributed by atoms with van der Waals surface area (Å²) in [5.74, 6) is -2.39. The van der Waals surface area contributed by atoms with Crippen LogP contribution in [0.1, 0.15) is 48.5 Å². The molecule has 22 nitrogen and oxygen atoms in total. The summed E-state index contributed by atoms with van der Waals surface area (Å²) < 4.78 is 9.96. The highest BCUT2D eigenvalue weighted by atomic mass is 16.6. The number of aromatic amines is 2. The van der Waals surface area contributed by atoms with Crippen LogP contribution in [0, 0.1) is 16.4 Å². The van der Waals surface area contributed by atoms with Crippen LogP contribution in [-0.2, 0) is 19.1 Å². The van der Waals surface area contributed by atoms with Gasteiger partial charge in [-0.3, -0.25) is 10.9 Å². The summed E-state index contributed by atoms with van der Waals surface area (Å²) in [6, 6.07) is 0. The third kappa shape index (κ3) is 10.1. The van der Waals surface area contributed by atoms with E-state index in [9.17, 15) is 9.59 Å². The zero-order valence-corrected chi connectivity index (χ0v) is 27.7. The van der Waals surface area contributed by atoms with Crippen LogP contribution in [0.5, 0.6) is 0 Å². The first kappa shape index (κ1) is 37.4. The van der Waals surface area contributed by atoms with Crippen molar-refractivity contribution >= 4 is 47.7 Å². The monoisotopic (exact) mass is 660 g/mol. The van der Waals surface area contributed by atoms with Crippen molar-refractivity contribution in [2.45, 2.75) is 48.5 Å². The fraction of sp³-hybridized carbons (Fsp3) is 0.520. The average Bonchev–Trinajstić information content (AvgIpc) is 3.70. The molecule has 0 amide bonds. The number of guanidine groups is 2. The molecule has 1 aliphatic rings. The third-order valence-electron chi connectivity index (χ3n) is 6.99. The lowest BCUT2D eigenvalue weighted by atomic mass is 9.55. The van der Waals surface area contributed by atoms with Gasteiger partial charge in [-0.1, -0.05) is 59.8 Å². The van der Waals surface area contributed by atoms with Gasteiger partial charge in [0.25, 0.3) is 5.95 Å². The molecule has 0 radical (unpaired) electrons. The SMILES string of the molecule is CC.CCN(C)N(N=N)c1n[nH]c(/N=C(/N)NN/C(N)=N/c2nc(N/C=C(\N)COC(=O)C(=O)OCC3=CC(C)(C)C3(C)C)n[nH]2)n1. The number of carbonyl (C=O) groups excluding carboxylic acids is 2. The number of hydrogen-bond acceptors (Lipinski definition) is 15. The Hall–Kier alpha value is -5.80. The fourth-order valence-corrected chi connectivity index (χ4v) is 3.54. The number of esters is 2. The number of nitrogens with zero attached hydrogens (tertiary/aromatic N) is 9. The second-order valence-corrected chi connectivity index (χ2v) is 10.6. The van der Waals surface area contributed by atoms with Crippen molar-refractivity contribution in [1.82, 2.24) is 46.2 Å². The number of hydrogen-bond donors (Lipinski definition) is 9. The molecule has 3 rings (SSSR count). The second kappa shape index (κ2) is 16.5. The molecule has 0 aliphatic heterocycles. The maximum absolute atomic E-state index is 12.0. The predicted molar refractivity (Wildman–Crippen MR) is 172 cm³/mol. The summed E-state index contributed by atoms with van der Waals surface area (Å²) in [6.07, 6.45) is 3.29. The van der Waals surface area contributed by atoms with Crippen LogP contribution >= 0.6 is 0 Å². The van der Waals surface area contributed by atoms with Gasteiger partial charge in [-0.15, -0.1) is 15.3 Å². The molecule has 22 heteroatoms. The van der Waals surface area contributed by atoms with Crippen molar-refractivity contribution in [1.29, 1.82) is 5.53 Å². The van der Waals surface area contributed by atoms with Gasteiger partial charge in [0.05, 0.1) is 5.70 Å². The number of H-pyrrole nitrogens is 2. The standard InChI is InChI=1S/C23H38N18O4.C2H6/c1-7-40(6)41(39-27)21-32-20(37-38-21)30-17(26)34-33-16(25)29-19-31-18(35-36-19)28-9-13(24)11-45-15(43)14(42)44-10-12-8-22(2,3)23(12,4)5;1-2/h8-9,27H,7,10-11,24H2,1-6H3,(H4,26,30,32,34,37,38)(H5,25,28,29,31,33,35,36);1-2H3/b13-9-,39-27?;. The van der Waals surface area contributed by atoms with E-state index in [0.717, 1.165) is 10.7 Å². The molecule has 2 heterocycles. The number of ether oxygens (including phenoxy) is 2. The minimum atomic E-state index is -1.17. The lowest BCUT2D eigenvalue weighted by molar-refractivity contribution is -0.166. The van der Waals surface area contributed by atoms with Crippen LogP contribution in [0.2, 0.25) is 0 Å². The molecule has 12 N–H and O–H groups in total. The predicted octanol–water partition coefficient (Wildman–Crippen LogP) is 0.546. The van der Waals surface area contributed by atoms with Gasteiger partial charge in [0, 0.05) is 19.8 Å². The van der Waals surface area contributed by atoms with E-state index in [-0.39, 0.29) is 65.5 Å². The Morgan fingerprint density at radius 3 is 2.13 bits per heavy atom. The van der Waals surface area contributed by atoms with E-state index in [0.29, 0.717) is 6.54 Å². The Morgan fingerprint density at radius 1 is 1.00 bits per heavy atom. The lowest BCUT2D eigenvalue weighted by Crippen LogP contribution is -2.48. The topological polar surface area (TPSA) is 317 Å². The zero-order chi connectivity index (χ0) is 35.4. The van der Waals surface area contributed by atoms with E-state index in [1.807, 2.05) is 40.7 Å². The van der Waals surface area contributed by atoms with Gasteiger partial charge in [0.15, 0.2) is 0 Å². The van der Waals surface area contributed by atoms with Crippen molar-refractivity contribution < 1.29 is 19.1 Å². The number of rotatable bonds is 12. The van der Waals surface area contributed by atoms with Crippen LogP contribution in [-0.4, -0.2) is 86.0 Å². The molecule has 0 atom stereocenters. The highest BCUT2D eigenvalue weighted by molar-refractivity contribution is 6.29. The highest BCUT2D eigenvalue weighted by Gasteiger charge is 2.46. The van der Waals surface area contributed by atoms with Crippen molar-refractivity contribution in [3.05, 3.63) is 23.5 Å². The van der Waals surface area contributed by atoms with Crippen molar-refractivity contribution in [2.24, 2.45) is 43.2 Å². The normalized spacial score (nSPS) is 15.3. The Bertz CT molecular complexity index is 1500. The van der Waals surface area contributed by atoms with E-state index in [2.05, 4.69) is 75.6 Å². The first-order valence-electron chi connectivity index (χ1n) is 14.4. The maximum atomic E-state index is 12.0. The van der Waals surface area contributed by atoms with E-state index in [4.69, 9.17) is 32.2 Å². The van der Waals surface area contributed by atoms with Crippen molar-refractivity contribution in [3.8, 4) is 0 Å². The number of carbonyl (C=O) groups is 2. The molecule has 2 aromatic rings. The molecule has 0 saturated carbocycles. The molecule has 0 aromatic carbocycles. The number of nitrogens with two attached hydrogens (primary N) is 3. The van der Waals surface area contributed by atoms with E-state index in [1.54, 1.807) is 12.1 Å². The smallest absolute Gasteiger partial charge is 0.417 e. The van der Waals surface area contributed by atoms with Gasteiger partial charge in [0.2, 0.25) is 29.8 Å². The highest BCUT2D eigenvalue weighted by Crippen LogP contribution is 2.54. The van der Waals surface area contributed by atoms with Crippen molar-refractivity contribution in [2.75, 3.05) is 37.2 Å². The summed E-state index contributed by atoms with van der Waals surface area (Å²) in [4.78, 5) is 40.0. The van der Waals surface area contributed by atoms with Gasteiger partial charge in [-0.05, 0) is 16.4 Å². The molecule has 258 valence electrons. The molecular formula is C25H44N18O4. The molecule has 0 spiro atoms. The number of hydrazine groups is 2. The Kier molecular flexibility index (Phi) is 13.1. The van der Waals surface area contributed by atoms with Crippen LogP contribution in [0.3, 0.4) is 0 Å². The number of aromatic nitrogens is 6. The Balaban J connectivity index is 0.00000376. The van der Waals surface area contributed by atoms with E-state index < -0.39 is 11.9 Å². The van der Waals surface area contributed by atoms with E-state index in [1.165, 1.54) is 6.20 Å². The summed E-state index contributed by atoms with van der Waals surface area (Å²) >= 11 is 0. The fourth-order valence-electron chi connectivity index (χ4n) is 3.54. The Labute approximate surface area is 271 Å². The van der Waals surface area contributed by atoms with E-state index >= 15 is 0 Å². The zero-order valence-electron chi connectivity index (χ0n) is 27.7. The third-order valence-corrected chi connectivity index (χ3v) is 6.99. The van der Waals surface area contributed by atoms with Crippen LogP contribution < -0.4 is 38.5 Å². The summed E-state index contributed by atoms with van der Waals surface area (Å²) in [6.45, 7) is 14.3. The second-order valence-electron chi connectivity index (χ2n) is 10.6. The molecule has 0 fully saturated rings. The summed E-state index contributed by atoms with van der Waals surface area (Å²) in [7, 11) is 1.71. The molecule has 1 aliphatic carbocycles. The maximum Gasteiger partial charge on any atom is 0.417 e. The molecule has 0 saturated heterocycles. The van der Waals surface area contributed by atoms with Crippen molar-refractivity contribution in [3.63, 3.8) is 0 Å². The largest absolute Gasteiger partial charge is 0.453 e. The molecule has 0 unspecified atom stereocenters. The quantitative estimate of drug-likeness (QED) is 0.0285. The van der Waals surface area contributed by atoms with Gasteiger partial charge in [-0.2, -0.15) is 30.5 Å². The first-order valence-corrected chi connectivity index (χ1v) is 14.4. The summed E-state index contributed by atoms with van der Waals surface area (Å²) in [5, 5.41) is 21.7. The van der Waals surface area contributed by atoms with Crippen LogP contribution in [0.4, 0.5) is 23.8 Å². The number of anilines is 2. The molecule has 2 aromatic heterocycles. The van der Waals surface area contributed by atoms with Gasteiger partial charge in [0.1, 0.15) is 13.2 Å². The first-order chi connectivity index (χ1) is 22.2. The van der Waals surface area contributed by atoms with Crippen LogP contribution in [0.25, 0.3) is 0 Å². The number of nitrogens with one attached hydrogen (secondary N) is 6. The van der Waals surface area contributed by atoms with Gasteiger partial charge >= 0.3 is 11.9 Å². The summed E-state index contributed by atoms with van der Waals surface area (Å²) in [5.41, 5.74) is 30.5. The number of aliphatic imine (C=N–C) groups is 2. The minimum absolute atomic E-state index is 0.00764. The van der Waals surface area contributed by atoms with Crippen LogP contribution in [0.15, 0.2) is 38.8 Å². The lowest BCUT2D eigenvalue weighted by Gasteiger charge is -2.50. The molecular weight excluding hydrogens is 616 g/mol. The molecule has 47 heavy (non-hydrogen) atoms. The average molecular weight is 661 g/mol. The molecule has 0 bridgehead atoms.